The van der Waals surface area contributed by atoms with Gasteiger partial charge in [0.05, 0.1) is 11.5 Å². The Morgan fingerprint density at radius 1 is 1.50 bits per heavy atom. The van der Waals surface area contributed by atoms with Crippen LogP contribution in [-0.4, -0.2) is 37.0 Å². The number of hydrogen-bond donors (Lipinski definition) is 1. The second kappa shape index (κ2) is 5.17. The predicted molar refractivity (Wildman–Crippen MR) is 70.2 cm³/mol. The number of nitrogens with zero attached hydrogens (tertiary/aromatic N) is 1. The molecule has 0 aliphatic carbocycles. The first-order chi connectivity index (χ1) is 8.48. The Morgan fingerprint density at radius 2 is 2.22 bits per heavy atom. The van der Waals surface area contributed by atoms with E-state index in [1.54, 1.807) is 25.1 Å². The minimum absolute atomic E-state index is 0.140. The predicted octanol–water partition coefficient (Wildman–Crippen LogP) is 1.79. The molecule has 0 aromatic heterocycles. The van der Waals surface area contributed by atoms with Crippen LogP contribution in [0, 0.1) is 6.92 Å². The van der Waals surface area contributed by atoms with Crippen molar-refractivity contribution >= 4 is 21.6 Å². The number of rotatable bonds is 3. The maximum atomic E-state index is 12.5. The van der Waals surface area contributed by atoms with E-state index in [1.807, 2.05) is 0 Å². The number of hydrogen-bond acceptors (Lipinski definition) is 3. The summed E-state index contributed by atoms with van der Waals surface area (Å²) in [6.45, 7) is 2.01. The summed E-state index contributed by atoms with van der Waals surface area (Å²) in [5.74, 6) is 0. The molecule has 1 aromatic rings. The fraction of sp³-hybridized carbons (Fsp3) is 0.500. The lowest BCUT2D eigenvalue weighted by Gasteiger charge is -2.23. The SMILES string of the molecule is Cc1c(Cl)cccc1S(=O)(=O)N1CCCC1CO. The molecule has 1 atom stereocenters. The zero-order valence-electron chi connectivity index (χ0n) is 10.1. The smallest absolute Gasteiger partial charge is 0.243 e. The van der Waals surface area contributed by atoms with Crippen molar-refractivity contribution in [1.29, 1.82) is 0 Å². The zero-order chi connectivity index (χ0) is 13.3. The van der Waals surface area contributed by atoms with Crippen LogP contribution in [0.25, 0.3) is 0 Å². The normalized spacial score (nSPS) is 21.4. The lowest BCUT2D eigenvalue weighted by Crippen LogP contribution is -2.37. The Kier molecular flexibility index (Phi) is 3.96. The van der Waals surface area contributed by atoms with Crippen LogP contribution in [-0.2, 0) is 10.0 Å². The van der Waals surface area contributed by atoms with Crippen molar-refractivity contribution in [2.75, 3.05) is 13.2 Å². The van der Waals surface area contributed by atoms with Gasteiger partial charge < -0.3 is 5.11 Å². The topological polar surface area (TPSA) is 57.6 Å². The molecular formula is C12H16ClNO3S. The minimum Gasteiger partial charge on any atom is -0.395 e. The molecule has 6 heteroatoms. The van der Waals surface area contributed by atoms with E-state index >= 15 is 0 Å². The summed E-state index contributed by atoms with van der Waals surface area (Å²) in [6, 6.07) is 4.55. The first kappa shape index (κ1) is 13.8. The lowest BCUT2D eigenvalue weighted by atomic mass is 10.2. The van der Waals surface area contributed by atoms with Crippen LogP contribution >= 0.6 is 11.6 Å². The molecule has 0 saturated carbocycles. The quantitative estimate of drug-likeness (QED) is 0.923. The highest BCUT2D eigenvalue weighted by atomic mass is 35.5. The van der Waals surface area contributed by atoms with Crippen molar-refractivity contribution in [3.05, 3.63) is 28.8 Å². The summed E-state index contributed by atoms with van der Waals surface area (Å²) in [4.78, 5) is 0.232. The van der Waals surface area contributed by atoms with Gasteiger partial charge in [0.2, 0.25) is 10.0 Å². The van der Waals surface area contributed by atoms with E-state index in [0.717, 1.165) is 6.42 Å². The molecule has 1 saturated heterocycles. The lowest BCUT2D eigenvalue weighted by molar-refractivity contribution is 0.213. The Morgan fingerprint density at radius 3 is 2.89 bits per heavy atom. The van der Waals surface area contributed by atoms with Crippen LogP contribution in [0.2, 0.25) is 5.02 Å². The number of halogens is 1. The van der Waals surface area contributed by atoms with E-state index in [0.29, 0.717) is 23.6 Å². The number of aliphatic hydroxyl groups excluding tert-OH is 1. The van der Waals surface area contributed by atoms with Crippen molar-refractivity contribution in [1.82, 2.24) is 4.31 Å². The highest BCUT2D eigenvalue weighted by Gasteiger charge is 2.35. The average molecular weight is 290 g/mol. The summed E-state index contributed by atoms with van der Waals surface area (Å²) in [6.07, 6.45) is 1.49. The highest BCUT2D eigenvalue weighted by molar-refractivity contribution is 7.89. The van der Waals surface area contributed by atoms with Gasteiger partial charge in [-0.3, -0.25) is 0 Å². The molecule has 0 spiro atoms. The molecule has 0 radical (unpaired) electrons. The highest BCUT2D eigenvalue weighted by Crippen LogP contribution is 2.30. The van der Waals surface area contributed by atoms with Gasteiger partial charge >= 0.3 is 0 Å². The molecule has 18 heavy (non-hydrogen) atoms. The van der Waals surface area contributed by atoms with Gasteiger partial charge in [0.25, 0.3) is 0 Å². The fourth-order valence-corrected chi connectivity index (χ4v) is 4.47. The van der Waals surface area contributed by atoms with Gasteiger partial charge in [-0.25, -0.2) is 8.42 Å². The Balaban J connectivity index is 2.45. The van der Waals surface area contributed by atoms with Crippen LogP contribution in [0.5, 0.6) is 0 Å². The Bertz CT molecular complexity index is 544. The molecule has 100 valence electrons. The van der Waals surface area contributed by atoms with Crippen LogP contribution in [0.3, 0.4) is 0 Å². The van der Waals surface area contributed by atoms with Gasteiger partial charge in [-0.2, -0.15) is 4.31 Å². The molecule has 2 rings (SSSR count). The van der Waals surface area contributed by atoms with Crippen molar-refractivity contribution in [2.24, 2.45) is 0 Å². The third-order valence-corrected chi connectivity index (χ3v) is 5.84. The van der Waals surface area contributed by atoms with Crippen molar-refractivity contribution in [2.45, 2.75) is 30.7 Å². The molecule has 1 N–H and O–H groups in total. The Labute approximate surface area is 112 Å². The van der Waals surface area contributed by atoms with Gasteiger partial charge in [0.15, 0.2) is 0 Å². The van der Waals surface area contributed by atoms with Gasteiger partial charge in [-0.15, -0.1) is 0 Å². The van der Waals surface area contributed by atoms with E-state index in [4.69, 9.17) is 11.6 Å². The third-order valence-electron chi connectivity index (χ3n) is 3.34. The number of benzene rings is 1. The van der Waals surface area contributed by atoms with Crippen LogP contribution in [0.15, 0.2) is 23.1 Å². The third kappa shape index (κ3) is 2.28. The van der Waals surface area contributed by atoms with Crippen LogP contribution in [0.1, 0.15) is 18.4 Å². The molecule has 1 aliphatic rings. The first-order valence-corrected chi connectivity index (χ1v) is 7.68. The molecule has 1 fully saturated rings. The largest absolute Gasteiger partial charge is 0.395 e. The Hall–Kier alpha value is -0.620. The summed E-state index contributed by atoms with van der Waals surface area (Å²) in [7, 11) is -3.56. The average Bonchev–Trinajstić information content (AvgIpc) is 2.81. The maximum absolute atomic E-state index is 12.5. The molecule has 1 heterocycles. The number of sulfonamides is 1. The van der Waals surface area contributed by atoms with Gasteiger partial charge in [0, 0.05) is 17.6 Å². The van der Waals surface area contributed by atoms with Gasteiger partial charge in [-0.1, -0.05) is 17.7 Å². The molecule has 4 nitrogen and oxygen atoms in total. The summed E-state index contributed by atoms with van der Waals surface area (Å²) < 4.78 is 26.4. The second-order valence-corrected chi connectivity index (χ2v) is 6.72. The maximum Gasteiger partial charge on any atom is 0.243 e. The zero-order valence-corrected chi connectivity index (χ0v) is 11.7. The monoisotopic (exact) mass is 289 g/mol. The molecule has 0 amide bonds. The molecular weight excluding hydrogens is 274 g/mol. The van der Waals surface area contributed by atoms with Crippen molar-refractivity contribution < 1.29 is 13.5 Å². The van der Waals surface area contributed by atoms with Crippen molar-refractivity contribution in [3.8, 4) is 0 Å². The molecule has 1 aromatic carbocycles. The first-order valence-electron chi connectivity index (χ1n) is 5.86. The van der Waals surface area contributed by atoms with E-state index in [2.05, 4.69) is 0 Å². The molecule has 1 unspecified atom stereocenters. The standard InChI is InChI=1S/C12H16ClNO3S/c1-9-11(13)5-2-6-12(9)18(16,17)14-7-3-4-10(14)8-15/h2,5-6,10,15H,3-4,7-8H2,1H3. The summed E-state index contributed by atoms with van der Waals surface area (Å²) >= 11 is 5.96. The van der Waals surface area contributed by atoms with Gasteiger partial charge in [0.1, 0.15) is 0 Å². The summed E-state index contributed by atoms with van der Waals surface area (Å²) in [5, 5.41) is 9.68. The second-order valence-electron chi connectivity index (χ2n) is 4.46. The van der Waals surface area contributed by atoms with Crippen LogP contribution < -0.4 is 0 Å². The van der Waals surface area contributed by atoms with Crippen LogP contribution in [0.4, 0.5) is 0 Å². The summed E-state index contributed by atoms with van der Waals surface area (Å²) in [5.41, 5.74) is 0.558. The fourth-order valence-electron chi connectivity index (χ4n) is 2.30. The van der Waals surface area contributed by atoms with Crippen molar-refractivity contribution in [3.63, 3.8) is 0 Å². The van der Waals surface area contributed by atoms with E-state index in [-0.39, 0.29) is 17.5 Å². The van der Waals surface area contributed by atoms with Gasteiger partial charge in [-0.05, 0) is 37.5 Å². The van der Waals surface area contributed by atoms with E-state index in [9.17, 15) is 13.5 Å². The molecule has 1 aliphatic heterocycles. The minimum atomic E-state index is -3.56. The van der Waals surface area contributed by atoms with E-state index in [1.165, 1.54) is 4.31 Å². The van der Waals surface area contributed by atoms with E-state index < -0.39 is 10.0 Å². The molecule has 0 bridgehead atoms. The number of aliphatic hydroxyl groups is 1.